The first kappa shape index (κ1) is 21.1. The van der Waals surface area contributed by atoms with Gasteiger partial charge in [0.25, 0.3) is 0 Å². The summed E-state index contributed by atoms with van der Waals surface area (Å²) in [4.78, 5) is 43.9. The highest BCUT2D eigenvalue weighted by Gasteiger charge is 2.27. The number of rotatable bonds is 4. The average Bonchev–Trinajstić information content (AvgIpc) is 3.00. The molecule has 8 nitrogen and oxygen atoms in total. The Bertz CT molecular complexity index is 688. The van der Waals surface area contributed by atoms with Crippen LogP contribution in [0.2, 0.25) is 0 Å². The van der Waals surface area contributed by atoms with Gasteiger partial charge in [-0.05, 0) is 20.8 Å². The molecule has 0 unspecified atom stereocenters. The fraction of sp³-hybridized carbons (Fsp3) is 0.667. The summed E-state index contributed by atoms with van der Waals surface area (Å²) < 4.78 is 5.36. The lowest BCUT2D eigenvalue weighted by Crippen LogP contribution is -2.52. The number of nitrogens with one attached hydrogen (secondary N) is 1. The van der Waals surface area contributed by atoms with Gasteiger partial charge in [-0.2, -0.15) is 0 Å². The van der Waals surface area contributed by atoms with Crippen LogP contribution < -0.4 is 5.32 Å². The van der Waals surface area contributed by atoms with Crippen molar-refractivity contribution in [2.75, 3.05) is 31.5 Å². The Morgan fingerprint density at radius 2 is 1.78 bits per heavy atom. The summed E-state index contributed by atoms with van der Waals surface area (Å²) in [6, 6.07) is 0. The van der Waals surface area contributed by atoms with Gasteiger partial charge >= 0.3 is 6.09 Å². The van der Waals surface area contributed by atoms with Gasteiger partial charge in [0.1, 0.15) is 5.60 Å². The van der Waals surface area contributed by atoms with Crippen LogP contribution in [0.5, 0.6) is 0 Å². The maximum atomic E-state index is 12.5. The molecule has 0 aliphatic carbocycles. The molecule has 0 atom stereocenters. The highest BCUT2D eigenvalue weighted by atomic mass is 32.1. The van der Waals surface area contributed by atoms with E-state index in [1.165, 1.54) is 11.3 Å². The quantitative estimate of drug-likeness (QED) is 0.843. The molecule has 1 aliphatic heterocycles. The summed E-state index contributed by atoms with van der Waals surface area (Å²) in [5.41, 5.74) is 0.107. The van der Waals surface area contributed by atoms with E-state index < -0.39 is 5.60 Å². The lowest BCUT2D eigenvalue weighted by atomic mass is 10.2. The van der Waals surface area contributed by atoms with Gasteiger partial charge in [-0.3, -0.25) is 9.59 Å². The van der Waals surface area contributed by atoms with Gasteiger partial charge in [0.05, 0.1) is 12.1 Å². The number of nitrogens with zero attached hydrogens (tertiary/aromatic N) is 3. The van der Waals surface area contributed by atoms with E-state index in [9.17, 15) is 14.4 Å². The molecular weight excluding hydrogens is 368 g/mol. The fourth-order valence-corrected chi connectivity index (χ4v) is 3.14. The third kappa shape index (κ3) is 6.50. The number of aromatic nitrogens is 1. The first-order valence-electron chi connectivity index (χ1n) is 9.06. The van der Waals surface area contributed by atoms with Crippen LogP contribution in [0.1, 0.15) is 40.3 Å². The summed E-state index contributed by atoms with van der Waals surface area (Å²) >= 11 is 1.31. The summed E-state index contributed by atoms with van der Waals surface area (Å²) in [6.45, 7) is 11.0. The molecule has 2 heterocycles. The van der Waals surface area contributed by atoms with Crippen LogP contribution >= 0.6 is 11.3 Å². The first-order valence-corrected chi connectivity index (χ1v) is 9.94. The van der Waals surface area contributed by atoms with E-state index >= 15 is 0 Å². The van der Waals surface area contributed by atoms with E-state index in [1.54, 1.807) is 15.2 Å². The van der Waals surface area contributed by atoms with Gasteiger partial charge in [0, 0.05) is 37.5 Å². The Morgan fingerprint density at radius 3 is 2.33 bits per heavy atom. The van der Waals surface area contributed by atoms with Crippen molar-refractivity contribution >= 4 is 34.4 Å². The average molecular weight is 397 g/mol. The van der Waals surface area contributed by atoms with Crippen molar-refractivity contribution in [1.29, 1.82) is 0 Å². The molecule has 1 N–H and O–H groups in total. The molecule has 2 rings (SSSR count). The minimum atomic E-state index is -0.530. The number of carbonyl (C=O) groups excluding carboxylic acids is 3. The predicted octanol–water partition coefficient (Wildman–Crippen LogP) is 2.36. The Balaban J connectivity index is 1.82. The molecule has 0 saturated carbocycles. The van der Waals surface area contributed by atoms with Crippen molar-refractivity contribution in [3.63, 3.8) is 0 Å². The van der Waals surface area contributed by atoms with E-state index in [4.69, 9.17) is 4.74 Å². The van der Waals surface area contributed by atoms with Crippen LogP contribution in [0.4, 0.5) is 9.93 Å². The molecule has 1 aliphatic rings. The molecule has 0 radical (unpaired) electrons. The minimum absolute atomic E-state index is 0.0362. The van der Waals surface area contributed by atoms with Crippen LogP contribution in [0.15, 0.2) is 5.38 Å². The number of hydrogen-bond acceptors (Lipinski definition) is 6. The fourth-order valence-electron chi connectivity index (χ4n) is 2.43. The van der Waals surface area contributed by atoms with Crippen LogP contribution in [-0.4, -0.2) is 64.5 Å². The van der Waals surface area contributed by atoms with Crippen molar-refractivity contribution < 1.29 is 19.1 Å². The van der Waals surface area contributed by atoms with Crippen molar-refractivity contribution in [3.8, 4) is 0 Å². The third-order valence-corrected chi connectivity index (χ3v) is 4.73. The Kier molecular flexibility index (Phi) is 6.80. The zero-order chi connectivity index (χ0) is 20.2. The molecule has 0 aromatic carbocycles. The minimum Gasteiger partial charge on any atom is -0.444 e. The highest BCUT2D eigenvalue weighted by Crippen LogP contribution is 2.18. The van der Waals surface area contributed by atoms with Crippen LogP contribution in [0.25, 0.3) is 0 Å². The lowest BCUT2D eigenvalue weighted by Gasteiger charge is -2.35. The molecule has 150 valence electrons. The number of amides is 3. The van der Waals surface area contributed by atoms with E-state index in [1.807, 2.05) is 34.6 Å². The topological polar surface area (TPSA) is 91.8 Å². The monoisotopic (exact) mass is 396 g/mol. The van der Waals surface area contributed by atoms with Gasteiger partial charge in [0.15, 0.2) is 5.13 Å². The Morgan fingerprint density at radius 1 is 1.19 bits per heavy atom. The second-order valence-corrected chi connectivity index (χ2v) is 8.67. The zero-order valence-corrected chi connectivity index (χ0v) is 17.4. The van der Waals surface area contributed by atoms with Crippen molar-refractivity contribution in [2.45, 2.75) is 46.6 Å². The highest BCUT2D eigenvalue weighted by molar-refractivity contribution is 7.13. The second-order valence-electron chi connectivity index (χ2n) is 7.81. The van der Waals surface area contributed by atoms with E-state index in [0.29, 0.717) is 37.0 Å². The maximum Gasteiger partial charge on any atom is 0.410 e. The molecule has 0 bridgehead atoms. The third-order valence-electron chi connectivity index (χ3n) is 3.92. The molecule has 9 heteroatoms. The molecule has 3 amide bonds. The molecule has 1 aromatic rings. The largest absolute Gasteiger partial charge is 0.444 e. The van der Waals surface area contributed by atoms with E-state index in [-0.39, 0.29) is 30.2 Å². The Labute approximate surface area is 163 Å². The van der Waals surface area contributed by atoms with Crippen LogP contribution in [-0.2, 0) is 20.7 Å². The van der Waals surface area contributed by atoms with Gasteiger partial charge in [-0.15, -0.1) is 11.3 Å². The smallest absolute Gasteiger partial charge is 0.410 e. The van der Waals surface area contributed by atoms with Gasteiger partial charge < -0.3 is 19.9 Å². The zero-order valence-electron chi connectivity index (χ0n) is 16.6. The van der Waals surface area contributed by atoms with Crippen molar-refractivity contribution in [1.82, 2.24) is 14.8 Å². The molecule has 0 spiro atoms. The molecule has 1 fully saturated rings. The normalized spacial score (nSPS) is 15.0. The number of carbonyl (C=O) groups is 3. The second kappa shape index (κ2) is 8.69. The van der Waals surface area contributed by atoms with Gasteiger partial charge in [-0.25, -0.2) is 9.78 Å². The Hall–Kier alpha value is -2.16. The summed E-state index contributed by atoms with van der Waals surface area (Å²) in [7, 11) is 0. The first-order chi connectivity index (χ1) is 12.5. The van der Waals surface area contributed by atoms with Crippen molar-refractivity contribution in [2.24, 2.45) is 5.92 Å². The van der Waals surface area contributed by atoms with Crippen LogP contribution in [0, 0.1) is 5.92 Å². The lowest BCUT2D eigenvalue weighted by molar-refractivity contribution is -0.132. The molecule has 1 aromatic heterocycles. The van der Waals surface area contributed by atoms with Crippen LogP contribution in [0.3, 0.4) is 0 Å². The summed E-state index contributed by atoms with van der Waals surface area (Å²) in [5.74, 6) is -0.258. The number of ether oxygens (including phenoxy) is 1. The number of thiazole rings is 1. The SMILES string of the molecule is CC(C)C(=O)Nc1nc(CC(=O)N2CCN(C(=O)OC(C)(C)C)CC2)cs1. The number of anilines is 1. The van der Waals surface area contributed by atoms with Gasteiger partial charge in [0.2, 0.25) is 11.8 Å². The molecule has 1 saturated heterocycles. The van der Waals surface area contributed by atoms with E-state index in [2.05, 4.69) is 10.3 Å². The predicted molar refractivity (Wildman–Crippen MR) is 104 cm³/mol. The van der Waals surface area contributed by atoms with Gasteiger partial charge in [-0.1, -0.05) is 13.8 Å². The maximum absolute atomic E-state index is 12.5. The van der Waals surface area contributed by atoms with Crippen molar-refractivity contribution in [3.05, 3.63) is 11.1 Å². The number of hydrogen-bond donors (Lipinski definition) is 1. The molecular formula is C18H28N4O4S. The van der Waals surface area contributed by atoms with E-state index in [0.717, 1.165) is 0 Å². The summed E-state index contributed by atoms with van der Waals surface area (Å²) in [6.07, 6.45) is -0.167. The summed E-state index contributed by atoms with van der Waals surface area (Å²) in [5, 5.41) is 5.03. The standard InChI is InChI=1S/C18H28N4O4S/c1-12(2)15(24)20-16-19-13(11-27-16)10-14(23)21-6-8-22(9-7-21)17(25)26-18(3,4)5/h11-12H,6-10H2,1-5H3,(H,19,20,24). The molecule has 27 heavy (non-hydrogen) atoms. The number of piperazine rings is 1.